The quantitative estimate of drug-likeness (QED) is 0.269. The first-order valence-corrected chi connectivity index (χ1v) is 8.17. The molecule has 0 aliphatic heterocycles. The average molecular weight is 369 g/mol. The smallest absolute Gasteiger partial charge is 0.135 e. The van der Waals surface area contributed by atoms with Gasteiger partial charge in [0.25, 0.3) is 0 Å². The van der Waals surface area contributed by atoms with Crippen molar-refractivity contribution in [3.05, 3.63) is 52.5 Å². The summed E-state index contributed by atoms with van der Waals surface area (Å²) in [6.45, 7) is 4.35. The molecule has 2 aromatic rings. The van der Waals surface area contributed by atoms with Crippen molar-refractivity contribution in [1.29, 1.82) is 0 Å². The first-order valence-electron chi connectivity index (χ1n) is 6.56. The Balaban J connectivity index is 1.79. The van der Waals surface area contributed by atoms with Crippen molar-refractivity contribution < 1.29 is 14.5 Å². The van der Waals surface area contributed by atoms with E-state index in [2.05, 4.69) is 51.7 Å². The molecule has 1 heterocycles. The van der Waals surface area contributed by atoms with E-state index in [1.54, 1.807) is 11.3 Å². The molecule has 0 aliphatic rings. The maximum atomic E-state index is 5.69. The van der Waals surface area contributed by atoms with Crippen molar-refractivity contribution in [2.75, 3.05) is 13.7 Å². The molecular formula is C16H17BrO3S. The monoisotopic (exact) mass is 368 g/mol. The molecule has 0 radical (unpaired) electrons. The highest BCUT2D eigenvalue weighted by Crippen LogP contribution is 2.32. The molecule has 1 aromatic heterocycles. The summed E-state index contributed by atoms with van der Waals surface area (Å²) in [5.74, 6) is 1.48. The van der Waals surface area contributed by atoms with Crippen molar-refractivity contribution in [3.8, 4) is 16.2 Å². The predicted octanol–water partition coefficient (Wildman–Crippen LogP) is 5.43. The number of allylic oxidation sites excluding steroid dienone is 1. The molecule has 21 heavy (non-hydrogen) atoms. The molecule has 0 amide bonds. The summed E-state index contributed by atoms with van der Waals surface area (Å²) in [5, 5.41) is 0. The van der Waals surface area contributed by atoms with Crippen molar-refractivity contribution in [2.45, 2.75) is 12.8 Å². The number of benzene rings is 1. The summed E-state index contributed by atoms with van der Waals surface area (Å²) < 4.78 is 6.82. The Morgan fingerprint density at radius 1 is 1.19 bits per heavy atom. The van der Waals surface area contributed by atoms with Gasteiger partial charge in [0.2, 0.25) is 0 Å². The van der Waals surface area contributed by atoms with Crippen LogP contribution < -0.4 is 4.74 Å². The topological polar surface area (TPSA) is 27.7 Å². The zero-order chi connectivity index (χ0) is 15.1. The van der Waals surface area contributed by atoms with Gasteiger partial charge in [0.1, 0.15) is 11.5 Å². The van der Waals surface area contributed by atoms with Crippen molar-refractivity contribution >= 4 is 27.3 Å². The van der Waals surface area contributed by atoms with E-state index in [0.717, 1.165) is 22.4 Å². The highest BCUT2D eigenvalue weighted by atomic mass is 79.9. The summed E-state index contributed by atoms with van der Waals surface area (Å²) in [6.07, 6.45) is 1.55. The third-order valence-corrected chi connectivity index (χ3v) is 4.45. The lowest BCUT2D eigenvalue weighted by molar-refractivity contribution is -0.239. The second kappa shape index (κ2) is 8.22. The molecule has 0 atom stereocenters. The first kappa shape index (κ1) is 16.1. The van der Waals surface area contributed by atoms with Crippen molar-refractivity contribution in [2.24, 2.45) is 0 Å². The van der Waals surface area contributed by atoms with Crippen LogP contribution in [0.5, 0.6) is 5.75 Å². The summed E-state index contributed by atoms with van der Waals surface area (Å²) in [4.78, 5) is 10.6. The van der Waals surface area contributed by atoms with Crippen molar-refractivity contribution in [3.63, 3.8) is 0 Å². The fourth-order valence-electron chi connectivity index (χ4n) is 1.80. The molecule has 0 bridgehead atoms. The molecular weight excluding hydrogens is 352 g/mol. The third-order valence-electron chi connectivity index (χ3n) is 2.78. The van der Waals surface area contributed by atoms with Crippen LogP contribution >= 0.6 is 27.3 Å². The Labute approximate surface area is 137 Å². The molecule has 1 aromatic carbocycles. The number of ether oxygens (including phenoxy) is 1. The van der Waals surface area contributed by atoms with Crippen LogP contribution in [0.2, 0.25) is 0 Å². The number of hydrogen-bond acceptors (Lipinski definition) is 4. The summed E-state index contributed by atoms with van der Waals surface area (Å²) in [5.41, 5.74) is 1.19. The van der Waals surface area contributed by atoms with Crippen LogP contribution in [0.15, 0.2) is 52.5 Å². The van der Waals surface area contributed by atoms with Crippen LogP contribution in [-0.4, -0.2) is 13.7 Å². The minimum Gasteiger partial charge on any atom is -0.494 e. The first-order chi connectivity index (χ1) is 10.2. The lowest BCUT2D eigenvalue weighted by Gasteiger charge is -2.07. The van der Waals surface area contributed by atoms with Gasteiger partial charge in [-0.05, 0) is 64.3 Å². The van der Waals surface area contributed by atoms with E-state index in [1.165, 1.54) is 17.6 Å². The molecule has 0 N–H and O–H groups in total. The largest absolute Gasteiger partial charge is 0.494 e. The molecule has 0 spiro atoms. The number of hydrogen-bond donors (Lipinski definition) is 0. The van der Waals surface area contributed by atoms with E-state index in [4.69, 9.17) is 9.62 Å². The third kappa shape index (κ3) is 5.19. The van der Waals surface area contributed by atoms with E-state index >= 15 is 0 Å². The molecule has 0 unspecified atom stereocenters. The lowest BCUT2D eigenvalue weighted by Crippen LogP contribution is -1.99. The zero-order valence-electron chi connectivity index (χ0n) is 11.8. The molecule has 0 saturated carbocycles. The summed E-state index contributed by atoms with van der Waals surface area (Å²) in [6, 6.07) is 12.3. The Morgan fingerprint density at radius 2 is 1.95 bits per heavy atom. The number of halogens is 1. The zero-order valence-corrected chi connectivity index (χ0v) is 14.2. The van der Waals surface area contributed by atoms with E-state index in [9.17, 15) is 0 Å². The van der Waals surface area contributed by atoms with E-state index < -0.39 is 0 Å². The van der Waals surface area contributed by atoms with Crippen LogP contribution in [0, 0.1) is 0 Å². The molecule has 3 nitrogen and oxygen atoms in total. The fourth-order valence-corrected chi connectivity index (χ4v) is 3.20. The van der Waals surface area contributed by atoms with E-state index in [1.807, 2.05) is 12.1 Å². The van der Waals surface area contributed by atoms with Gasteiger partial charge in [-0.2, -0.15) is 4.89 Å². The van der Waals surface area contributed by atoms with Crippen molar-refractivity contribution in [1.82, 2.24) is 0 Å². The normalized spacial score (nSPS) is 10.4. The number of rotatable bonds is 8. The summed E-state index contributed by atoms with van der Waals surface area (Å²) >= 11 is 5.19. The fraction of sp³-hybridized carbons (Fsp3) is 0.250. The molecule has 112 valence electrons. The molecule has 0 fully saturated rings. The lowest BCUT2D eigenvalue weighted by atomic mass is 10.2. The minimum absolute atomic E-state index is 0.611. The SMILES string of the molecule is C=C(CCCOc1ccc(-c2ccc(Br)s2)cc1)OOC. The second-order valence-corrected chi connectivity index (χ2v) is 6.83. The molecule has 2 rings (SSSR count). The van der Waals surface area contributed by atoms with Crippen LogP contribution in [0.4, 0.5) is 0 Å². The van der Waals surface area contributed by atoms with Gasteiger partial charge in [-0.25, -0.2) is 0 Å². The van der Waals surface area contributed by atoms with Crippen LogP contribution in [0.25, 0.3) is 10.4 Å². The van der Waals surface area contributed by atoms with Crippen LogP contribution in [0.1, 0.15) is 12.8 Å². The maximum Gasteiger partial charge on any atom is 0.135 e. The molecule has 0 saturated heterocycles. The Bertz CT molecular complexity index is 577. The minimum atomic E-state index is 0.611. The molecule has 5 heteroatoms. The van der Waals surface area contributed by atoms with E-state index in [0.29, 0.717) is 12.4 Å². The van der Waals surface area contributed by atoms with Crippen LogP contribution in [0.3, 0.4) is 0 Å². The average Bonchev–Trinajstić information content (AvgIpc) is 2.91. The van der Waals surface area contributed by atoms with Gasteiger partial charge in [0.05, 0.1) is 17.5 Å². The number of thiophene rings is 1. The maximum absolute atomic E-state index is 5.69. The highest BCUT2D eigenvalue weighted by molar-refractivity contribution is 9.11. The van der Waals surface area contributed by atoms with E-state index in [-0.39, 0.29) is 0 Å². The Kier molecular flexibility index (Phi) is 6.29. The standard InChI is InChI=1S/C16H17BrO3S/c1-12(20-18-2)4-3-11-19-14-7-5-13(6-8-14)15-9-10-16(17)21-15/h5-10H,1,3-4,11H2,2H3. The highest BCUT2D eigenvalue weighted by Gasteiger charge is 2.02. The Hall–Kier alpha value is -1.30. The van der Waals surface area contributed by atoms with Gasteiger partial charge in [-0.15, -0.1) is 11.3 Å². The van der Waals surface area contributed by atoms with Gasteiger partial charge < -0.3 is 9.62 Å². The predicted molar refractivity (Wildman–Crippen MR) is 89.4 cm³/mol. The van der Waals surface area contributed by atoms with Gasteiger partial charge in [-0.3, -0.25) is 0 Å². The molecule has 0 aliphatic carbocycles. The van der Waals surface area contributed by atoms with Gasteiger partial charge >= 0.3 is 0 Å². The second-order valence-electron chi connectivity index (χ2n) is 4.37. The van der Waals surface area contributed by atoms with Gasteiger partial charge in [0.15, 0.2) is 0 Å². The summed E-state index contributed by atoms with van der Waals surface area (Å²) in [7, 11) is 1.47. The van der Waals surface area contributed by atoms with Crippen LogP contribution in [-0.2, 0) is 9.78 Å². The van der Waals surface area contributed by atoms with Gasteiger partial charge in [-0.1, -0.05) is 6.58 Å². The van der Waals surface area contributed by atoms with Gasteiger partial charge in [0, 0.05) is 11.3 Å². The Morgan fingerprint density at radius 3 is 2.57 bits per heavy atom.